The van der Waals surface area contributed by atoms with E-state index in [1.165, 1.54) is 4.68 Å². The summed E-state index contributed by atoms with van der Waals surface area (Å²) in [5.41, 5.74) is 1.78. The molecule has 1 heterocycles. The number of carbonyl (C=O) groups is 1. The van der Waals surface area contributed by atoms with Crippen molar-refractivity contribution in [2.45, 2.75) is 33.2 Å². The summed E-state index contributed by atoms with van der Waals surface area (Å²) in [7, 11) is 0. The third kappa shape index (κ3) is 2.33. The molecule has 0 aliphatic heterocycles. The van der Waals surface area contributed by atoms with Crippen LogP contribution in [-0.4, -0.2) is 31.3 Å². The van der Waals surface area contributed by atoms with Gasteiger partial charge in [-0.15, -0.1) is 5.10 Å². The lowest BCUT2D eigenvalue weighted by Gasteiger charge is -2.20. The molecule has 0 atom stereocenters. The summed E-state index contributed by atoms with van der Waals surface area (Å²) in [4.78, 5) is 11.3. The van der Waals surface area contributed by atoms with Crippen LogP contribution in [0.3, 0.4) is 0 Å². The fraction of sp³-hybridized carbons (Fsp3) is 0.385. The van der Waals surface area contributed by atoms with Gasteiger partial charge in [-0.05, 0) is 50.3 Å². The molecule has 0 fully saturated rings. The first-order valence-electron chi connectivity index (χ1n) is 5.93. The van der Waals surface area contributed by atoms with Crippen LogP contribution < -0.4 is 0 Å². The number of carboxylic acid groups (broad SMARTS) is 1. The molecule has 1 N–H and O–H groups in total. The van der Waals surface area contributed by atoms with E-state index in [4.69, 9.17) is 0 Å². The third-order valence-electron chi connectivity index (χ3n) is 3.00. The molecule has 0 aliphatic carbocycles. The molecule has 0 amide bonds. The average Bonchev–Trinajstić information content (AvgIpc) is 2.76. The number of aliphatic carboxylic acids is 1. The van der Waals surface area contributed by atoms with Gasteiger partial charge in [0.2, 0.25) is 0 Å². The minimum atomic E-state index is -1.20. The Labute approximate surface area is 111 Å². The maximum Gasteiger partial charge on any atom is 0.331 e. The number of aromatic nitrogens is 4. The second-order valence-corrected chi connectivity index (χ2v) is 5.15. The third-order valence-corrected chi connectivity index (χ3v) is 3.00. The van der Waals surface area contributed by atoms with Crippen LogP contribution in [0.15, 0.2) is 18.2 Å². The Morgan fingerprint density at radius 1 is 1.21 bits per heavy atom. The van der Waals surface area contributed by atoms with Crippen LogP contribution in [0.5, 0.6) is 0 Å². The predicted molar refractivity (Wildman–Crippen MR) is 69.7 cm³/mol. The van der Waals surface area contributed by atoms with Crippen LogP contribution in [0, 0.1) is 13.8 Å². The minimum absolute atomic E-state index is 0.458. The molecule has 0 saturated carbocycles. The monoisotopic (exact) mass is 260 g/mol. The van der Waals surface area contributed by atoms with E-state index in [2.05, 4.69) is 15.5 Å². The van der Waals surface area contributed by atoms with Crippen molar-refractivity contribution in [1.29, 1.82) is 0 Å². The fourth-order valence-electron chi connectivity index (χ4n) is 1.94. The molecule has 0 spiro atoms. The van der Waals surface area contributed by atoms with Gasteiger partial charge >= 0.3 is 5.97 Å². The number of rotatable bonds is 3. The van der Waals surface area contributed by atoms with E-state index < -0.39 is 11.5 Å². The van der Waals surface area contributed by atoms with Gasteiger partial charge in [0.05, 0.1) is 0 Å². The normalized spacial score (nSPS) is 11.6. The lowest BCUT2D eigenvalue weighted by molar-refractivity contribution is -0.146. The SMILES string of the molecule is Cc1cc(C)cc(-c2nnnn2C(C)(C)C(=O)O)c1. The van der Waals surface area contributed by atoms with E-state index in [1.54, 1.807) is 13.8 Å². The average molecular weight is 260 g/mol. The molecule has 6 heteroatoms. The molecule has 0 unspecified atom stereocenters. The van der Waals surface area contributed by atoms with Crippen molar-refractivity contribution >= 4 is 5.97 Å². The van der Waals surface area contributed by atoms with Crippen molar-refractivity contribution in [3.8, 4) is 11.4 Å². The molecule has 6 nitrogen and oxygen atoms in total. The molecule has 2 aromatic rings. The first-order valence-corrected chi connectivity index (χ1v) is 5.93. The standard InChI is InChI=1S/C13H16N4O2/c1-8-5-9(2)7-10(6-8)11-14-15-16-17(11)13(3,4)12(18)19/h5-7H,1-4H3,(H,18,19). The lowest BCUT2D eigenvalue weighted by atomic mass is 10.0. The highest BCUT2D eigenvalue weighted by Crippen LogP contribution is 2.24. The maximum absolute atomic E-state index is 11.3. The number of aryl methyl sites for hydroxylation is 2. The minimum Gasteiger partial charge on any atom is -0.479 e. The fourth-order valence-corrected chi connectivity index (χ4v) is 1.94. The molecule has 2 rings (SSSR count). The van der Waals surface area contributed by atoms with E-state index in [-0.39, 0.29) is 0 Å². The van der Waals surface area contributed by atoms with Crippen LogP contribution in [0.25, 0.3) is 11.4 Å². The summed E-state index contributed by atoms with van der Waals surface area (Å²) < 4.78 is 1.34. The van der Waals surface area contributed by atoms with Crippen molar-refractivity contribution in [1.82, 2.24) is 20.2 Å². The van der Waals surface area contributed by atoms with E-state index >= 15 is 0 Å². The van der Waals surface area contributed by atoms with E-state index in [9.17, 15) is 9.90 Å². The van der Waals surface area contributed by atoms with E-state index in [0.29, 0.717) is 5.82 Å². The molecular weight excluding hydrogens is 244 g/mol. The Morgan fingerprint density at radius 2 is 1.79 bits per heavy atom. The van der Waals surface area contributed by atoms with Crippen LogP contribution in [0.4, 0.5) is 0 Å². The molecule has 0 radical (unpaired) electrons. The van der Waals surface area contributed by atoms with Crippen molar-refractivity contribution in [3.05, 3.63) is 29.3 Å². The van der Waals surface area contributed by atoms with Crippen LogP contribution in [-0.2, 0) is 10.3 Å². The zero-order chi connectivity index (χ0) is 14.2. The topological polar surface area (TPSA) is 80.9 Å². The van der Waals surface area contributed by atoms with Crippen molar-refractivity contribution in [2.24, 2.45) is 0 Å². The first-order chi connectivity index (χ1) is 8.82. The zero-order valence-corrected chi connectivity index (χ0v) is 11.4. The predicted octanol–water partition coefficient (Wildman–Crippen LogP) is 1.78. The second-order valence-electron chi connectivity index (χ2n) is 5.15. The van der Waals surface area contributed by atoms with Crippen LogP contribution in [0.2, 0.25) is 0 Å². The second kappa shape index (κ2) is 4.46. The largest absolute Gasteiger partial charge is 0.479 e. The smallest absolute Gasteiger partial charge is 0.331 e. The molecule has 0 aliphatic rings. The summed E-state index contributed by atoms with van der Waals surface area (Å²) in [6.45, 7) is 7.09. The van der Waals surface area contributed by atoms with E-state index in [1.807, 2.05) is 32.0 Å². The summed E-state index contributed by atoms with van der Waals surface area (Å²) in [6, 6.07) is 5.92. The van der Waals surface area contributed by atoms with Gasteiger partial charge in [-0.2, -0.15) is 0 Å². The number of tetrazole rings is 1. The number of hydrogen-bond acceptors (Lipinski definition) is 4. The Balaban J connectivity index is 2.59. The zero-order valence-electron chi connectivity index (χ0n) is 11.4. The first kappa shape index (κ1) is 13.2. The number of benzene rings is 1. The number of carboxylic acids is 1. The Bertz CT molecular complexity index is 611. The van der Waals surface area contributed by atoms with Gasteiger partial charge in [0.1, 0.15) is 0 Å². The highest BCUT2D eigenvalue weighted by Gasteiger charge is 2.33. The maximum atomic E-state index is 11.3. The van der Waals surface area contributed by atoms with Gasteiger partial charge in [-0.25, -0.2) is 9.48 Å². The van der Waals surface area contributed by atoms with Gasteiger partial charge in [-0.1, -0.05) is 17.2 Å². The van der Waals surface area contributed by atoms with Crippen LogP contribution in [0.1, 0.15) is 25.0 Å². The summed E-state index contributed by atoms with van der Waals surface area (Å²) in [5.74, 6) is -0.523. The molecule has 1 aromatic heterocycles. The summed E-state index contributed by atoms with van der Waals surface area (Å²) in [6.07, 6.45) is 0. The molecule has 100 valence electrons. The quantitative estimate of drug-likeness (QED) is 0.909. The van der Waals surface area contributed by atoms with E-state index in [0.717, 1.165) is 16.7 Å². The lowest BCUT2D eigenvalue weighted by Crippen LogP contribution is -2.37. The molecule has 19 heavy (non-hydrogen) atoms. The van der Waals surface area contributed by atoms with Gasteiger partial charge in [-0.3, -0.25) is 0 Å². The van der Waals surface area contributed by atoms with Gasteiger partial charge in [0.15, 0.2) is 11.4 Å². The summed E-state index contributed by atoms with van der Waals surface area (Å²) in [5, 5.41) is 20.7. The van der Waals surface area contributed by atoms with Gasteiger partial charge < -0.3 is 5.11 Å². The highest BCUT2D eigenvalue weighted by molar-refractivity contribution is 5.76. The Hall–Kier alpha value is -2.24. The number of hydrogen-bond donors (Lipinski definition) is 1. The number of nitrogens with zero attached hydrogens (tertiary/aromatic N) is 4. The highest BCUT2D eigenvalue weighted by atomic mass is 16.4. The Morgan fingerprint density at radius 3 is 2.32 bits per heavy atom. The van der Waals surface area contributed by atoms with Crippen molar-refractivity contribution in [2.75, 3.05) is 0 Å². The molecular formula is C13H16N4O2. The van der Waals surface area contributed by atoms with Gasteiger partial charge in [0.25, 0.3) is 0 Å². The molecule has 0 bridgehead atoms. The summed E-state index contributed by atoms with van der Waals surface area (Å²) >= 11 is 0. The van der Waals surface area contributed by atoms with Crippen molar-refractivity contribution in [3.63, 3.8) is 0 Å². The van der Waals surface area contributed by atoms with Crippen molar-refractivity contribution < 1.29 is 9.90 Å². The Kier molecular flexibility index (Phi) is 3.09. The van der Waals surface area contributed by atoms with Gasteiger partial charge in [0, 0.05) is 5.56 Å². The van der Waals surface area contributed by atoms with Crippen LogP contribution >= 0.6 is 0 Å². The molecule has 1 aromatic carbocycles. The molecule has 0 saturated heterocycles.